The Morgan fingerprint density at radius 3 is 2.46 bits per heavy atom. The van der Waals surface area contributed by atoms with E-state index in [1.807, 2.05) is 26.4 Å². The molecular formula is C18H25F3IN5O. The molecule has 0 radical (unpaired) electrons. The Balaban J connectivity index is 0.00000392. The first kappa shape index (κ1) is 24.1. The second-order valence-corrected chi connectivity index (χ2v) is 5.94. The van der Waals surface area contributed by atoms with Crippen LogP contribution in [0.3, 0.4) is 0 Å². The summed E-state index contributed by atoms with van der Waals surface area (Å²) < 4.78 is 42.9. The number of aliphatic imine (C=N–C) groups is 1. The van der Waals surface area contributed by atoms with Crippen molar-refractivity contribution in [2.75, 3.05) is 19.7 Å². The number of benzene rings is 1. The van der Waals surface area contributed by atoms with E-state index in [0.717, 1.165) is 24.1 Å². The Labute approximate surface area is 179 Å². The fourth-order valence-electron chi connectivity index (χ4n) is 2.29. The van der Waals surface area contributed by atoms with E-state index in [-0.39, 0.29) is 29.7 Å². The van der Waals surface area contributed by atoms with Crippen LogP contribution in [0.15, 0.2) is 41.7 Å². The first-order valence-electron chi connectivity index (χ1n) is 8.64. The van der Waals surface area contributed by atoms with Gasteiger partial charge in [0.1, 0.15) is 5.75 Å². The summed E-state index contributed by atoms with van der Waals surface area (Å²) in [4.78, 5) is 4.49. The first-order chi connectivity index (χ1) is 12.9. The molecule has 0 saturated heterocycles. The van der Waals surface area contributed by atoms with Crippen LogP contribution in [0.2, 0.25) is 0 Å². The molecule has 0 aliphatic rings. The number of hydrogen-bond acceptors (Lipinski definition) is 3. The van der Waals surface area contributed by atoms with E-state index in [1.54, 1.807) is 16.8 Å². The summed E-state index contributed by atoms with van der Waals surface area (Å²) in [6.45, 7) is 2.52. The Morgan fingerprint density at radius 1 is 1.18 bits per heavy atom. The highest BCUT2D eigenvalue weighted by Crippen LogP contribution is 2.19. The van der Waals surface area contributed by atoms with Crippen molar-refractivity contribution in [2.45, 2.75) is 26.1 Å². The highest BCUT2D eigenvalue weighted by molar-refractivity contribution is 14.0. The van der Waals surface area contributed by atoms with Gasteiger partial charge in [0.2, 0.25) is 0 Å². The molecule has 0 aliphatic carbocycles. The van der Waals surface area contributed by atoms with Crippen molar-refractivity contribution in [2.24, 2.45) is 12.0 Å². The zero-order valence-electron chi connectivity index (χ0n) is 15.8. The number of ether oxygens (including phenoxy) is 1. The zero-order valence-corrected chi connectivity index (χ0v) is 18.1. The van der Waals surface area contributed by atoms with Gasteiger partial charge in [-0.1, -0.05) is 12.1 Å². The van der Waals surface area contributed by atoms with Crippen LogP contribution in [-0.4, -0.2) is 41.6 Å². The van der Waals surface area contributed by atoms with Crippen LogP contribution in [0.25, 0.3) is 0 Å². The molecule has 2 aromatic rings. The number of halogens is 4. The monoisotopic (exact) mass is 511 g/mol. The molecule has 156 valence electrons. The number of aryl methyl sites for hydroxylation is 1. The van der Waals surface area contributed by atoms with E-state index >= 15 is 0 Å². The highest BCUT2D eigenvalue weighted by atomic mass is 127. The van der Waals surface area contributed by atoms with Crippen molar-refractivity contribution < 1.29 is 17.9 Å². The summed E-state index contributed by atoms with van der Waals surface area (Å²) >= 11 is 0. The fraction of sp³-hybridized carbons (Fsp3) is 0.444. The molecule has 10 heteroatoms. The van der Waals surface area contributed by atoms with Crippen LogP contribution in [-0.2, 0) is 20.0 Å². The largest absolute Gasteiger partial charge is 0.484 e. The lowest BCUT2D eigenvalue weighted by Gasteiger charge is -2.11. The lowest BCUT2D eigenvalue weighted by atomic mass is 10.2. The van der Waals surface area contributed by atoms with E-state index in [0.29, 0.717) is 19.0 Å². The minimum absolute atomic E-state index is 0. The van der Waals surface area contributed by atoms with E-state index in [2.05, 4.69) is 20.7 Å². The predicted molar refractivity (Wildman–Crippen MR) is 113 cm³/mol. The van der Waals surface area contributed by atoms with Gasteiger partial charge in [-0.3, -0.25) is 4.68 Å². The van der Waals surface area contributed by atoms with Gasteiger partial charge in [0.25, 0.3) is 0 Å². The average molecular weight is 511 g/mol. The van der Waals surface area contributed by atoms with Gasteiger partial charge in [-0.15, -0.1) is 24.0 Å². The molecule has 1 heterocycles. The quantitative estimate of drug-likeness (QED) is 0.325. The van der Waals surface area contributed by atoms with Crippen LogP contribution in [0.5, 0.6) is 5.75 Å². The smallest absolute Gasteiger partial charge is 0.422 e. The van der Waals surface area contributed by atoms with Crippen molar-refractivity contribution in [1.29, 1.82) is 0 Å². The third-order valence-electron chi connectivity index (χ3n) is 3.55. The molecule has 1 aromatic carbocycles. The van der Waals surface area contributed by atoms with Gasteiger partial charge < -0.3 is 15.4 Å². The molecule has 0 aliphatic heterocycles. The normalized spacial score (nSPS) is 11.7. The fourth-order valence-corrected chi connectivity index (χ4v) is 2.29. The molecular weight excluding hydrogens is 486 g/mol. The SMILES string of the molecule is CCNC(=NCc1ccc(OCC(F)(F)F)cc1)NCCc1cnn(C)c1.I. The maximum Gasteiger partial charge on any atom is 0.422 e. The minimum atomic E-state index is -4.34. The number of nitrogens with zero attached hydrogens (tertiary/aromatic N) is 3. The summed E-state index contributed by atoms with van der Waals surface area (Å²) in [7, 11) is 1.88. The van der Waals surface area contributed by atoms with Gasteiger partial charge in [0.15, 0.2) is 12.6 Å². The van der Waals surface area contributed by atoms with Crippen molar-refractivity contribution in [3.63, 3.8) is 0 Å². The number of nitrogens with one attached hydrogen (secondary N) is 2. The van der Waals surface area contributed by atoms with Crippen molar-refractivity contribution >= 4 is 29.9 Å². The van der Waals surface area contributed by atoms with Crippen LogP contribution < -0.4 is 15.4 Å². The van der Waals surface area contributed by atoms with Crippen molar-refractivity contribution in [3.8, 4) is 5.75 Å². The predicted octanol–water partition coefficient (Wildman–Crippen LogP) is 3.28. The number of aromatic nitrogens is 2. The number of rotatable bonds is 8. The van der Waals surface area contributed by atoms with Crippen LogP contribution in [0.1, 0.15) is 18.1 Å². The molecule has 2 N–H and O–H groups in total. The number of hydrogen-bond donors (Lipinski definition) is 2. The van der Waals surface area contributed by atoms with E-state index in [9.17, 15) is 13.2 Å². The third-order valence-corrected chi connectivity index (χ3v) is 3.55. The average Bonchev–Trinajstić information content (AvgIpc) is 3.03. The van der Waals surface area contributed by atoms with Crippen LogP contribution in [0.4, 0.5) is 13.2 Å². The van der Waals surface area contributed by atoms with E-state index in [1.165, 1.54) is 12.1 Å². The summed E-state index contributed by atoms with van der Waals surface area (Å²) in [6.07, 6.45) is 0.275. The van der Waals surface area contributed by atoms with Crippen molar-refractivity contribution in [1.82, 2.24) is 20.4 Å². The summed E-state index contributed by atoms with van der Waals surface area (Å²) in [6, 6.07) is 6.43. The Hall–Kier alpha value is -1.98. The molecule has 0 atom stereocenters. The second-order valence-electron chi connectivity index (χ2n) is 5.94. The molecule has 28 heavy (non-hydrogen) atoms. The van der Waals surface area contributed by atoms with E-state index < -0.39 is 12.8 Å². The van der Waals surface area contributed by atoms with Gasteiger partial charge in [-0.2, -0.15) is 18.3 Å². The second kappa shape index (κ2) is 11.8. The summed E-state index contributed by atoms with van der Waals surface area (Å²) in [5.74, 6) is 0.861. The zero-order chi connectivity index (χ0) is 19.7. The van der Waals surface area contributed by atoms with Crippen LogP contribution in [0, 0.1) is 0 Å². The van der Waals surface area contributed by atoms with Gasteiger partial charge in [0, 0.05) is 26.3 Å². The lowest BCUT2D eigenvalue weighted by Crippen LogP contribution is -2.38. The Kier molecular flexibility index (Phi) is 10.1. The third kappa shape index (κ3) is 9.29. The molecule has 0 amide bonds. The van der Waals surface area contributed by atoms with Crippen molar-refractivity contribution in [3.05, 3.63) is 47.8 Å². The molecule has 2 rings (SSSR count). The van der Waals surface area contributed by atoms with Gasteiger partial charge in [-0.25, -0.2) is 4.99 Å². The molecule has 1 aromatic heterocycles. The summed E-state index contributed by atoms with van der Waals surface area (Å²) in [5, 5.41) is 10.5. The molecule has 0 saturated carbocycles. The Bertz CT molecular complexity index is 732. The van der Waals surface area contributed by atoms with Gasteiger partial charge in [0.05, 0.1) is 12.7 Å². The first-order valence-corrected chi connectivity index (χ1v) is 8.64. The topological polar surface area (TPSA) is 63.5 Å². The molecule has 6 nitrogen and oxygen atoms in total. The maximum absolute atomic E-state index is 12.2. The number of alkyl halides is 3. The number of guanidine groups is 1. The van der Waals surface area contributed by atoms with Gasteiger partial charge in [-0.05, 0) is 36.6 Å². The van der Waals surface area contributed by atoms with Gasteiger partial charge >= 0.3 is 6.18 Å². The standard InChI is InChI=1S/C18H24F3N5O.HI/c1-3-22-17(23-9-8-15-11-25-26(2)12-15)24-10-14-4-6-16(7-5-14)27-13-18(19,20)21;/h4-7,11-12H,3,8-10,13H2,1-2H3,(H2,22,23,24);1H. The van der Waals surface area contributed by atoms with E-state index in [4.69, 9.17) is 4.74 Å². The summed E-state index contributed by atoms with van der Waals surface area (Å²) in [5.41, 5.74) is 2.01. The minimum Gasteiger partial charge on any atom is -0.484 e. The molecule has 0 unspecified atom stereocenters. The maximum atomic E-state index is 12.2. The van der Waals surface area contributed by atoms with Crippen LogP contribution >= 0.6 is 24.0 Å². The molecule has 0 spiro atoms. The highest BCUT2D eigenvalue weighted by Gasteiger charge is 2.28. The Morgan fingerprint density at radius 2 is 1.89 bits per heavy atom. The lowest BCUT2D eigenvalue weighted by molar-refractivity contribution is -0.153. The molecule has 0 fully saturated rings. The molecule has 0 bridgehead atoms.